The van der Waals surface area contributed by atoms with Crippen LogP contribution in [0, 0.1) is 5.92 Å². The van der Waals surface area contributed by atoms with E-state index < -0.39 is 43.7 Å². The lowest BCUT2D eigenvalue weighted by Crippen LogP contribution is -2.43. The van der Waals surface area contributed by atoms with Crippen molar-refractivity contribution in [1.82, 2.24) is 4.72 Å². The summed E-state index contributed by atoms with van der Waals surface area (Å²) in [6, 6.07) is 0.671. The van der Waals surface area contributed by atoms with Crippen molar-refractivity contribution in [3.8, 4) is 0 Å². The summed E-state index contributed by atoms with van der Waals surface area (Å²) in [5.41, 5.74) is 0. The highest BCUT2D eigenvalue weighted by atomic mass is 32.2. The van der Waals surface area contributed by atoms with E-state index in [1.807, 2.05) is 0 Å². The van der Waals surface area contributed by atoms with Crippen LogP contribution >= 0.6 is 11.3 Å². The van der Waals surface area contributed by atoms with E-state index in [2.05, 4.69) is 4.72 Å². The molecule has 1 aliphatic rings. The quantitative estimate of drug-likeness (QED) is 0.782. The first-order valence-electron chi connectivity index (χ1n) is 7.08. The molecule has 1 atom stereocenters. The van der Waals surface area contributed by atoms with Crippen LogP contribution in [-0.2, 0) is 25.7 Å². The molecule has 1 fully saturated rings. The van der Waals surface area contributed by atoms with Gasteiger partial charge in [0, 0.05) is 19.3 Å². The summed E-state index contributed by atoms with van der Waals surface area (Å²) in [5.74, 6) is -1.43. The van der Waals surface area contributed by atoms with Crippen molar-refractivity contribution in [3.63, 3.8) is 0 Å². The van der Waals surface area contributed by atoms with Gasteiger partial charge in [0.25, 0.3) is 0 Å². The first-order chi connectivity index (χ1) is 11.1. The Morgan fingerprint density at radius 2 is 2.00 bits per heavy atom. The van der Waals surface area contributed by atoms with Gasteiger partial charge in [0.2, 0.25) is 10.0 Å². The Morgan fingerprint density at radius 3 is 2.50 bits per heavy atom. The van der Waals surface area contributed by atoms with Crippen LogP contribution in [0.1, 0.15) is 24.1 Å². The van der Waals surface area contributed by atoms with Gasteiger partial charge in [-0.05, 0) is 30.9 Å². The molecule has 1 aromatic heterocycles. The van der Waals surface area contributed by atoms with Gasteiger partial charge in [0.15, 0.2) is 0 Å². The molecule has 0 amide bonds. The van der Waals surface area contributed by atoms with Crippen LogP contribution in [0.3, 0.4) is 0 Å². The van der Waals surface area contributed by atoms with Gasteiger partial charge in [-0.3, -0.25) is 4.79 Å². The number of rotatable bonds is 6. The molecule has 2 rings (SSSR count). The highest BCUT2D eigenvalue weighted by Crippen LogP contribution is 2.36. The molecule has 2 N–H and O–H groups in total. The molecule has 1 aromatic rings. The molecule has 136 valence electrons. The number of ether oxygens (including phenoxy) is 1. The summed E-state index contributed by atoms with van der Waals surface area (Å²) >= 11 is 0.107. The molecule has 2 heterocycles. The molecule has 11 heteroatoms. The highest BCUT2D eigenvalue weighted by Gasteiger charge is 2.35. The van der Waals surface area contributed by atoms with Crippen molar-refractivity contribution in [2.24, 2.45) is 5.92 Å². The number of carbonyl (C=O) groups is 1. The first-order valence-corrected chi connectivity index (χ1v) is 9.38. The third-order valence-corrected chi connectivity index (χ3v) is 6.77. The molecule has 6 nitrogen and oxygen atoms in total. The second kappa shape index (κ2) is 7.38. The van der Waals surface area contributed by atoms with Crippen molar-refractivity contribution in [3.05, 3.63) is 17.0 Å². The smallest absolute Gasteiger partial charge is 0.425 e. The summed E-state index contributed by atoms with van der Waals surface area (Å²) in [6.45, 7) is 0.777. The Hall–Kier alpha value is -1.17. The number of halogens is 3. The first kappa shape index (κ1) is 19.2. The molecule has 0 bridgehead atoms. The Labute approximate surface area is 140 Å². The Morgan fingerprint density at radius 1 is 1.38 bits per heavy atom. The zero-order valence-corrected chi connectivity index (χ0v) is 14.0. The van der Waals surface area contributed by atoms with Gasteiger partial charge in [-0.25, -0.2) is 13.1 Å². The van der Waals surface area contributed by atoms with Crippen molar-refractivity contribution in [2.75, 3.05) is 13.2 Å². The maximum atomic E-state index is 12.6. The minimum absolute atomic E-state index is 0.107. The summed E-state index contributed by atoms with van der Waals surface area (Å²) in [5, 5.41) is 8.98. The molecular weight excluding hydrogens is 371 g/mol. The molecule has 1 saturated heterocycles. The molecule has 24 heavy (non-hydrogen) atoms. The van der Waals surface area contributed by atoms with Crippen LogP contribution in [0.25, 0.3) is 0 Å². The largest absolute Gasteiger partial charge is 0.481 e. The fourth-order valence-corrected chi connectivity index (χ4v) is 4.98. The van der Waals surface area contributed by atoms with Crippen molar-refractivity contribution in [2.45, 2.75) is 35.7 Å². The Bertz CT molecular complexity index is 680. The highest BCUT2D eigenvalue weighted by molar-refractivity contribution is 7.91. The second-order valence-electron chi connectivity index (χ2n) is 5.39. The average molecular weight is 387 g/mol. The number of alkyl halides is 3. The lowest BCUT2D eigenvalue weighted by molar-refractivity contribution is -0.138. The summed E-state index contributed by atoms with van der Waals surface area (Å²) in [7, 11) is -4.23. The third kappa shape index (κ3) is 4.91. The number of nitrogens with one attached hydrogen (secondary N) is 1. The number of aliphatic carboxylic acids is 1. The Kier molecular flexibility index (Phi) is 5.89. The summed E-state index contributed by atoms with van der Waals surface area (Å²) in [6.07, 6.45) is -4.10. The van der Waals surface area contributed by atoms with E-state index >= 15 is 0 Å². The van der Waals surface area contributed by atoms with Gasteiger partial charge in [-0.15, -0.1) is 11.3 Å². The predicted molar refractivity (Wildman–Crippen MR) is 79.2 cm³/mol. The van der Waals surface area contributed by atoms with E-state index in [-0.39, 0.29) is 17.3 Å². The monoisotopic (exact) mass is 387 g/mol. The van der Waals surface area contributed by atoms with Gasteiger partial charge in [-0.2, -0.15) is 13.2 Å². The van der Waals surface area contributed by atoms with Gasteiger partial charge < -0.3 is 9.84 Å². The van der Waals surface area contributed by atoms with Crippen LogP contribution in [-0.4, -0.2) is 38.7 Å². The van der Waals surface area contributed by atoms with Crippen LogP contribution in [0.2, 0.25) is 0 Å². The van der Waals surface area contributed by atoms with Crippen molar-refractivity contribution < 1.29 is 36.2 Å². The number of carboxylic acid groups (broad SMARTS) is 1. The fraction of sp³-hybridized carbons (Fsp3) is 0.615. The lowest BCUT2D eigenvalue weighted by Gasteiger charge is -2.29. The van der Waals surface area contributed by atoms with Gasteiger partial charge in [0.05, 0.1) is 6.42 Å². The second-order valence-corrected chi connectivity index (χ2v) is 8.42. The molecule has 0 radical (unpaired) electrons. The lowest BCUT2D eigenvalue weighted by atomic mass is 9.90. The van der Waals surface area contributed by atoms with E-state index in [1.54, 1.807) is 0 Å². The summed E-state index contributed by atoms with van der Waals surface area (Å²) < 4.78 is 69.4. The van der Waals surface area contributed by atoms with Gasteiger partial charge >= 0.3 is 12.1 Å². The summed E-state index contributed by atoms with van der Waals surface area (Å²) in [4.78, 5) is 9.97. The molecule has 0 saturated carbocycles. The van der Waals surface area contributed by atoms with Crippen LogP contribution in [0.5, 0.6) is 0 Å². The number of hydrogen-bond donors (Lipinski definition) is 2. The van der Waals surface area contributed by atoms with E-state index in [0.717, 1.165) is 6.07 Å². The normalized spacial score (nSPS) is 18.5. The number of hydrogen-bond acceptors (Lipinski definition) is 5. The predicted octanol–water partition coefficient (Wildman–Crippen LogP) is 2.32. The van der Waals surface area contributed by atoms with Crippen LogP contribution in [0.4, 0.5) is 13.2 Å². The zero-order chi connectivity index (χ0) is 18.0. The minimum atomic E-state index is -4.63. The SMILES string of the molecule is O=C(O)CC(NS(=O)(=O)c1ccc(C(F)(F)F)s1)C1CCOCC1. The maximum absolute atomic E-state index is 12.6. The van der Waals surface area contributed by atoms with Gasteiger partial charge in [-0.1, -0.05) is 0 Å². The molecule has 1 unspecified atom stereocenters. The van der Waals surface area contributed by atoms with E-state index in [4.69, 9.17) is 9.84 Å². The Balaban J connectivity index is 2.19. The maximum Gasteiger partial charge on any atom is 0.425 e. The van der Waals surface area contributed by atoms with Gasteiger partial charge in [0.1, 0.15) is 9.09 Å². The van der Waals surface area contributed by atoms with Crippen LogP contribution in [0.15, 0.2) is 16.3 Å². The number of thiophene rings is 1. The molecule has 0 aromatic carbocycles. The van der Waals surface area contributed by atoms with Crippen molar-refractivity contribution >= 4 is 27.3 Å². The molecular formula is C13H16F3NO5S2. The fourth-order valence-electron chi connectivity index (χ4n) is 2.49. The average Bonchev–Trinajstić information content (AvgIpc) is 2.97. The molecule has 0 aliphatic carbocycles. The number of carboxylic acids is 1. The molecule has 0 spiro atoms. The topological polar surface area (TPSA) is 92.7 Å². The van der Waals surface area contributed by atoms with Crippen LogP contribution < -0.4 is 4.72 Å². The van der Waals surface area contributed by atoms with E-state index in [1.165, 1.54) is 0 Å². The minimum Gasteiger partial charge on any atom is -0.481 e. The standard InChI is InChI=1S/C13H16F3NO5S2/c14-13(15,16)10-1-2-12(23-10)24(20,21)17-9(7-11(18)19)8-3-5-22-6-4-8/h1-2,8-9,17H,3-7H2,(H,18,19). The third-order valence-electron chi connectivity index (χ3n) is 3.66. The van der Waals surface area contributed by atoms with Crippen molar-refractivity contribution in [1.29, 1.82) is 0 Å². The zero-order valence-electron chi connectivity index (χ0n) is 12.4. The van der Waals surface area contributed by atoms with E-state index in [0.29, 0.717) is 32.1 Å². The van der Waals surface area contributed by atoms with E-state index in [9.17, 15) is 26.4 Å². The number of sulfonamides is 1. The molecule has 1 aliphatic heterocycles.